The Bertz CT molecular complexity index is 3780. The quantitative estimate of drug-likeness (QED) is 0.166. The van der Waals surface area contributed by atoms with Gasteiger partial charge in [0.1, 0.15) is 11.2 Å². The van der Waals surface area contributed by atoms with E-state index < -0.39 is 0 Å². The lowest BCUT2D eigenvalue weighted by Crippen LogP contribution is -2.16. The van der Waals surface area contributed by atoms with Crippen LogP contribution in [0.5, 0.6) is 0 Å². The molecule has 2 heteroatoms. The number of hydrogen-bond donors (Lipinski definition) is 0. The van der Waals surface area contributed by atoms with Gasteiger partial charge in [-0.2, -0.15) is 0 Å². The van der Waals surface area contributed by atoms with E-state index in [2.05, 4.69) is 219 Å². The molecule has 1 aliphatic rings. The van der Waals surface area contributed by atoms with E-state index in [-0.39, 0.29) is 5.41 Å². The Balaban J connectivity index is 1.07. The van der Waals surface area contributed by atoms with Crippen molar-refractivity contribution in [3.63, 3.8) is 0 Å². The Morgan fingerprint density at radius 1 is 0.361 bits per heavy atom. The second-order valence-corrected chi connectivity index (χ2v) is 17.3. The summed E-state index contributed by atoms with van der Waals surface area (Å²) < 4.78 is 6.96. The van der Waals surface area contributed by atoms with Gasteiger partial charge in [-0.15, -0.1) is 0 Å². The van der Waals surface area contributed by atoms with Crippen LogP contribution in [0.25, 0.3) is 98.1 Å². The fourth-order valence-corrected chi connectivity index (χ4v) is 10.6. The highest BCUT2D eigenvalue weighted by atomic mass is 16.3. The van der Waals surface area contributed by atoms with E-state index in [0.717, 1.165) is 50.1 Å². The van der Waals surface area contributed by atoms with Crippen LogP contribution >= 0.6 is 0 Å². The molecule has 1 aromatic heterocycles. The molecule has 0 N–H and O–H groups in total. The largest absolute Gasteiger partial charge is 0.455 e. The Labute approximate surface area is 353 Å². The summed E-state index contributed by atoms with van der Waals surface area (Å²) in [6.45, 7) is 4.72. The van der Waals surface area contributed by atoms with E-state index in [1.54, 1.807) is 0 Å². The van der Waals surface area contributed by atoms with Crippen LogP contribution in [0, 0.1) is 0 Å². The van der Waals surface area contributed by atoms with Gasteiger partial charge in [-0.25, -0.2) is 0 Å². The maximum atomic E-state index is 6.96. The molecule has 0 atom stereocenters. The van der Waals surface area contributed by atoms with Gasteiger partial charge in [0, 0.05) is 38.8 Å². The molecule has 0 amide bonds. The number of furan rings is 1. The van der Waals surface area contributed by atoms with Crippen molar-refractivity contribution in [2.45, 2.75) is 19.3 Å². The summed E-state index contributed by atoms with van der Waals surface area (Å²) in [5.41, 5.74) is 12.6. The minimum absolute atomic E-state index is 0.142. The molecule has 286 valence electrons. The van der Waals surface area contributed by atoms with Crippen LogP contribution in [-0.2, 0) is 5.41 Å². The third kappa shape index (κ3) is 4.97. The maximum Gasteiger partial charge on any atom is 0.143 e. The van der Waals surface area contributed by atoms with Gasteiger partial charge in [0.2, 0.25) is 0 Å². The van der Waals surface area contributed by atoms with Gasteiger partial charge in [0.05, 0.1) is 0 Å². The van der Waals surface area contributed by atoms with Crippen LogP contribution in [0.4, 0.5) is 17.1 Å². The summed E-state index contributed by atoms with van der Waals surface area (Å²) in [5.74, 6) is 0. The summed E-state index contributed by atoms with van der Waals surface area (Å²) in [6.07, 6.45) is 0. The van der Waals surface area contributed by atoms with Gasteiger partial charge in [0.25, 0.3) is 0 Å². The first-order chi connectivity index (χ1) is 30.0. The van der Waals surface area contributed by atoms with Crippen LogP contribution in [0.15, 0.2) is 205 Å². The summed E-state index contributed by atoms with van der Waals surface area (Å²) in [5, 5.41) is 14.6. The van der Waals surface area contributed by atoms with E-state index in [1.165, 1.54) is 76.1 Å². The smallest absolute Gasteiger partial charge is 0.143 e. The molecule has 1 aliphatic carbocycles. The molecule has 0 saturated carbocycles. The second kappa shape index (κ2) is 12.7. The van der Waals surface area contributed by atoms with Crippen molar-refractivity contribution in [2.75, 3.05) is 4.90 Å². The topological polar surface area (TPSA) is 16.4 Å². The highest BCUT2D eigenvalue weighted by Crippen LogP contribution is 2.52. The third-order valence-electron chi connectivity index (χ3n) is 13.6. The fourth-order valence-electron chi connectivity index (χ4n) is 10.6. The van der Waals surface area contributed by atoms with Crippen molar-refractivity contribution < 1.29 is 4.42 Å². The zero-order valence-corrected chi connectivity index (χ0v) is 33.9. The highest BCUT2D eigenvalue weighted by Gasteiger charge is 2.36. The van der Waals surface area contributed by atoms with Crippen LogP contribution < -0.4 is 4.90 Å². The van der Waals surface area contributed by atoms with E-state index in [9.17, 15) is 0 Å². The molecule has 13 rings (SSSR count). The minimum Gasteiger partial charge on any atom is -0.455 e. The average molecular weight is 778 g/mol. The van der Waals surface area contributed by atoms with Gasteiger partial charge in [0.15, 0.2) is 0 Å². The molecule has 0 saturated heterocycles. The molecule has 1 heterocycles. The maximum absolute atomic E-state index is 6.96. The van der Waals surface area contributed by atoms with Crippen LogP contribution in [0.1, 0.15) is 25.0 Å². The van der Waals surface area contributed by atoms with E-state index in [1.807, 2.05) is 0 Å². The molecule has 0 spiro atoms. The first kappa shape index (κ1) is 34.2. The number of rotatable bonds is 4. The Kier molecular flexibility index (Phi) is 7.10. The molecule has 0 aliphatic heterocycles. The Morgan fingerprint density at radius 2 is 0.918 bits per heavy atom. The summed E-state index contributed by atoms with van der Waals surface area (Å²) in [4.78, 5) is 2.45. The van der Waals surface area contributed by atoms with Crippen LogP contribution in [0.2, 0.25) is 0 Å². The molecular formula is C59H39NO. The lowest BCUT2D eigenvalue weighted by Gasteiger charge is -2.28. The van der Waals surface area contributed by atoms with Crippen molar-refractivity contribution in [1.82, 2.24) is 0 Å². The van der Waals surface area contributed by atoms with Crippen molar-refractivity contribution in [2.24, 2.45) is 0 Å². The predicted molar refractivity (Wildman–Crippen MR) is 259 cm³/mol. The lowest BCUT2D eigenvalue weighted by molar-refractivity contribution is 0.660. The van der Waals surface area contributed by atoms with Gasteiger partial charge in [-0.3, -0.25) is 0 Å². The number of hydrogen-bond acceptors (Lipinski definition) is 2. The molecule has 61 heavy (non-hydrogen) atoms. The molecule has 0 bridgehead atoms. The molecule has 11 aromatic carbocycles. The predicted octanol–water partition coefficient (Wildman–Crippen LogP) is 16.8. The zero-order chi connectivity index (χ0) is 40.4. The molecule has 0 unspecified atom stereocenters. The van der Waals surface area contributed by atoms with Crippen molar-refractivity contribution in [3.05, 3.63) is 211 Å². The van der Waals surface area contributed by atoms with Crippen LogP contribution in [0.3, 0.4) is 0 Å². The molecule has 2 nitrogen and oxygen atoms in total. The molecule has 0 radical (unpaired) electrons. The number of benzene rings is 11. The van der Waals surface area contributed by atoms with Gasteiger partial charge >= 0.3 is 0 Å². The van der Waals surface area contributed by atoms with Gasteiger partial charge in [-0.1, -0.05) is 159 Å². The summed E-state index contributed by atoms with van der Waals surface area (Å²) >= 11 is 0. The number of nitrogens with zero attached hydrogens (tertiary/aromatic N) is 1. The normalized spacial score (nSPS) is 13.2. The summed E-state index contributed by atoms with van der Waals surface area (Å²) in [6, 6.07) is 73.8. The van der Waals surface area contributed by atoms with Crippen molar-refractivity contribution >= 4 is 92.9 Å². The Morgan fingerprint density at radius 3 is 1.69 bits per heavy atom. The average Bonchev–Trinajstić information content (AvgIpc) is 3.78. The Hall–Kier alpha value is -7.68. The standard InChI is InChI=1S/C59H39NO/c1-59(2)54-22-12-11-21-49(54)50-29-26-42(35-55(50)59)60(40-25-28-48-46-19-8-7-17-44(46)45-18-9-10-20-47(45)51(48)33-40)41-27-30-56-52(34-41)53-32-38-15-5-6-16-43(38)57(58(53)61-56)39-24-23-36-13-3-4-14-37(36)31-39/h3-35H,1-2H3. The SMILES string of the molecule is CC1(C)c2ccccc2-c2ccc(N(c3ccc4oc5c(-c6ccc7ccccc7c6)c6ccccc6cc5c4c3)c3ccc4c5ccccc5c5ccccc5c4c3)cc21. The van der Waals surface area contributed by atoms with E-state index >= 15 is 0 Å². The van der Waals surface area contributed by atoms with Crippen molar-refractivity contribution in [3.8, 4) is 22.3 Å². The first-order valence-electron chi connectivity index (χ1n) is 21.2. The first-order valence-corrected chi connectivity index (χ1v) is 21.2. The van der Waals surface area contributed by atoms with Crippen molar-refractivity contribution in [1.29, 1.82) is 0 Å². The second-order valence-electron chi connectivity index (χ2n) is 17.3. The molecule has 0 fully saturated rings. The van der Waals surface area contributed by atoms with Gasteiger partial charge in [-0.05, 0) is 136 Å². The summed E-state index contributed by atoms with van der Waals surface area (Å²) in [7, 11) is 0. The van der Waals surface area contributed by atoms with E-state index in [0.29, 0.717) is 0 Å². The number of anilines is 3. The highest BCUT2D eigenvalue weighted by molar-refractivity contribution is 6.26. The number of fused-ring (bicyclic) bond motifs is 14. The fraction of sp³-hybridized carbons (Fsp3) is 0.0508. The molecular weight excluding hydrogens is 739 g/mol. The van der Waals surface area contributed by atoms with E-state index in [4.69, 9.17) is 4.42 Å². The molecule has 12 aromatic rings. The lowest BCUT2D eigenvalue weighted by atomic mass is 9.82. The zero-order valence-electron chi connectivity index (χ0n) is 33.9. The van der Waals surface area contributed by atoms with Gasteiger partial charge < -0.3 is 9.32 Å². The minimum atomic E-state index is -0.142. The third-order valence-corrected chi connectivity index (χ3v) is 13.6. The van der Waals surface area contributed by atoms with Crippen LogP contribution in [-0.4, -0.2) is 0 Å². The monoisotopic (exact) mass is 777 g/mol.